The maximum Gasteiger partial charge on any atom is 0.462 e. The van der Waals surface area contributed by atoms with Gasteiger partial charge in [0.1, 0.15) is 0 Å². The Morgan fingerprint density at radius 2 is 1.57 bits per heavy atom. The van der Waals surface area contributed by atoms with E-state index in [0.29, 0.717) is 0 Å². The zero-order chi connectivity index (χ0) is 17.3. The first-order valence-corrected chi connectivity index (χ1v) is 11.8. The van der Waals surface area contributed by atoms with Crippen molar-refractivity contribution in [3.05, 3.63) is 42.0 Å². The number of hydrogen-bond donors (Lipinski definition) is 0. The van der Waals surface area contributed by atoms with E-state index in [1.807, 2.05) is 0 Å². The number of benzene rings is 1. The minimum Gasteiger partial charge on any atom is -0.403 e. The molecule has 1 heterocycles. The summed E-state index contributed by atoms with van der Waals surface area (Å²) in [6.07, 6.45) is 3.25. The third-order valence-corrected chi connectivity index (χ3v) is 8.43. The van der Waals surface area contributed by atoms with Crippen molar-refractivity contribution in [2.75, 3.05) is 0 Å². The Hall–Kier alpha value is -0.838. The van der Waals surface area contributed by atoms with Crippen LogP contribution < -0.4 is 5.19 Å². The van der Waals surface area contributed by atoms with Crippen LogP contribution in [-0.2, 0) is 9.31 Å². The normalized spacial score (nSPS) is 20.8. The van der Waals surface area contributed by atoms with Gasteiger partial charge in [0.2, 0.25) is 0 Å². The molecule has 0 aromatic heterocycles. The summed E-state index contributed by atoms with van der Waals surface area (Å²) in [7, 11) is -1.54. The molecule has 1 aromatic rings. The summed E-state index contributed by atoms with van der Waals surface area (Å²) >= 11 is 0. The molecule has 0 atom stereocenters. The van der Waals surface area contributed by atoms with Gasteiger partial charge in [-0.2, -0.15) is 0 Å². The fourth-order valence-electron chi connectivity index (χ4n) is 2.83. The Kier molecular flexibility index (Phi) is 5.29. The van der Waals surface area contributed by atoms with Gasteiger partial charge in [-0.1, -0.05) is 60.3 Å². The molecule has 0 aliphatic carbocycles. The van der Waals surface area contributed by atoms with Gasteiger partial charge in [-0.15, -0.1) is 0 Å². The largest absolute Gasteiger partial charge is 0.462 e. The number of rotatable bonds is 5. The highest BCUT2D eigenvalue weighted by atomic mass is 28.3. The topological polar surface area (TPSA) is 18.5 Å². The van der Waals surface area contributed by atoms with Gasteiger partial charge < -0.3 is 9.31 Å². The first-order chi connectivity index (χ1) is 10.5. The standard InChI is InChI=1S/C19H31BO2Si/c1-16(15-20-21-18(2,3)19(4,5)22-20)13-14-23(6,7)17-11-9-8-10-12-17/h8-13H,14-15H2,1-7H3/b16-13-. The molecule has 23 heavy (non-hydrogen) atoms. The Labute approximate surface area is 143 Å². The van der Waals surface area contributed by atoms with Gasteiger partial charge in [0.05, 0.1) is 19.3 Å². The van der Waals surface area contributed by atoms with Gasteiger partial charge in [-0.25, -0.2) is 0 Å². The molecule has 0 saturated carbocycles. The smallest absolute Gasteiger partial charge is 0.403 e. The maximum atomic E-state index is 6.10. The van der Waals surface area contributed by atoms with E-state index in [0.717, 1.165) is 12.4 Å². The SMILES string of the molecule is C/C(=C/C[Si](C)(C)c1ccccc1)CB1OC(C)(C)C(C)(C)O1. The summed E-state index contributed by atoms with van der Waals surface area (Å²) in [5, 5.41) is 1.51. The molecule has 0 bridgehead atoms. The second-order valence-corrected chi connectivity index (χ2v) is 13.1. The van der Waals surface area contributed by atoms with Crippen molar-refractivity contribution in [3.63, 3.8) is 0 Å². The lowest BCUT2D eigenvalue weighted by atomic mass is 9.81. The average molecular weight is 330 g/mol. The Morgan fingerprint density at radius 1 is 1.04 bits per heavy atom. The molecule has 0 spiro atoms. The van der Waals surface area contributed by atoms with E-state index in [9.17, 15) is 0 Å². The van der Waals surface area contributed by atoms with E-state index in [1.165, 1.54) is 10.8 Å². The number of allylic oxidation sites excluding steroid dienone is 2. The Morgan fingerprint density at radius 3 is 2.09 bits per heavy atom. The second kappa shape index (κ2) is 6.58. The first kappa shape index (κ1) is 18.5. The van der Waals surface area contributed by atoms with E-state index >= 15 is 0 Å². The average Bonchev–Trinajstić information content (AvgIpc) is 2.65. The molecule has 2 rings (SSSR count). The monoisotopic (exact) mass is 330 g/mol. The minimum absolute atomic E-state index is 0.127. The lowest BCUT2D eigenvalue weighted by Gasteiger charge is -2.32. The van der Waals surface area contributed by atoms with Gasteiger partial charge in [0.25, 0.3) is 0 Å². The third kappa shape index (κ3) is 4.37. The highest BCUT2D eigenvalue weighted by molar-refractivity contribution is 6.90. The van der Waals surface area contributed by atoms with Gasteiger partial charge in [0, 0.05) is 6.32 Å². The van der Waals surface area contributed by atoms with Crippen molar-refractivity contribution in [1.82, 2.24) is 0 Å². The van der Waals surface area contributed by atoms with Crippen LogP contribution in [0.1, 0.15) is 34.6 Å². The van der Waals surface area contributed by atoms with Gasteiger partial charge in [0.15, 0.2) is 0 Å². The molecule has 0 N–H and O–H groups in total. The van der Waals surface area contributed by atoms with E-state index in [-0.39, 0.29) is 18.3 Å². The molecule has 4 heteroatoms. The molecule has 0 radical (unpaired) electrons. The van der Waals surface area contributed by atoms with Gasteiger partial charge in [-0.05, 0) is 40.7 Å². The van der Waals surface area contributed by atoms with Crippen molar-refractivity contribution in [3.8, 4) is 0 Å². The molecular formula is C19H31BO2Si. The molecule has 1 saturated heterocycles. The molecule has 0 amide bonds. The third-order valence-electron chi connectivity index (χ3n) is 5.31. The summed E-state index contributed by atoms with van der Waals surface area (Å²) in [5.41, 5.74) is 0.881. The zero-order valence-electron chi connectivity index (χ0n) is 15.8. The van der Waals surface area contributed by atoms with E-state index in [1.54, 1.807) is 0 Å². The van der Waals surface area contributed by atoms with Crippen molar-refractivity contribution in [2.24, 2.45) is 0 Å². The lowest BCUT2D eigenvalue weighted by Crippen LogP contribution is -2.41. The lowest BCUT2D eigenvalue weighted by molar-refractivity contribution is 0.00578. The van der Waals surface area contributed by atoms with Crippen LogP contribution in [0.25, 0.3) is 0 Å². The predicted octanol–water partition coefficient (Wildman–Crippen LogP) is 4.64. The summed E-state index contributed by atoms with van der Waals surface area (Å²) in [5.74, 6) is 0. The molecule has 1 aromatic carbocycles. The van der Waals surface area contributed by atoms with Crippen molar-refractivity contribution in [1.29, 1.82) is 0 Å². The first-order valence-electron chi connectivity index (χ1n) is 8.60. The molecular weight excluding hydrogens is 299 g/mol. The summed E-state index contributed by atoms with van der Waals surface area (Å²) in [4.78, 5) is 0. The van der Waals surface area contributed by atoms with Crippen molar-refractivity contribution < 1.29 is 9.31 Å². The predicted molar refractivity (Wildman–Crippen MR) is 103 cm³/mol. The van der Waals surface area contributed by atoms with Crippen LogP contribution >= 0.6 is 0 Å². The molecule has 126 valence electrons. The van der Waals surface area contributed by atoms with Crippen LogP contribution in [0.5, 0.6) is 0 Å². The second-order valence-electron chi connectivity index (χ2n) is 8.39. The molecule has 1 aliphatic rings. The quantitative estimate of drug-likeness (QED) is 0.578. The molecule has 1 aliphatic heterocycles. The zero-order valence-corrected chi connectivity index (χ0v) is 16.8. The summed E-state index contributed by atoms with van der Waals surface area (Å²) < 4.78 is 12.2. The molecule has 0 unspecified atom stereocenters. The highest BCUT2D eigenvalue weighted by Gasteiger charge is 2.50. The van der Waals surface area contributed by atoms with Crippen molar-refractivity contribution in [2.45, 2.75) is 71.3 Å². The van der Waals surface area contributed by atoms with Gasteiger partial charge in [-0.3, -0.25) is 0 Å². The van der Waals surface area contributed by atoms with E-state index in [4.69, 9.17) is 9.31 Å². The summed E-state index contributed by atoms with van der Waals surface area (Å²) in [6.45, 7) is 15.5. The number of hydrogen-bond acceptors (Lipinski definition) is 2. The fraction of sp³-hybridized carbons (Fsp3) is 0.579. The highest BCUT2D eigenvalue weighted by Crippen LogP contribution is 2.38. The summed E-state index contributed by atoms with van der Waals surface area (Å²) in [6, 6.07) is 12.1. The van der Waals surface area contributed by atoms with Crippen LogP contribution in [0.4, 0.5) is 0 Å². The van der Waals surface area contributed by atoms with Crippen LogP contribution in [0.2, 0.25) is 25.5 Å². The van der Waals surface area contributed by atoms with Crippen LogP contribution in [0, 0.1) is 0 Å². The Balaban J connectivity index is 1.97. The minimum atomic E-state index is -1.41. The van der Waals surface area contributed by atoms with Crippen LogP contribution in [0.15, 0.2) is 42.0 Å². The van der Waals surface area contributed by atoms with Crippen LogP contribution in [0.3, 0.4) is 0 Å². The Bertz CT molecular complexity index is 548. The molecule has 1 fully saturated rings. The van der Waals surface area contributed by atoms with Crippen LogP contribution in [-0.4, -0.2) is 26.4 Å². The van der Waals surface area contributed by atoms with E-state index < -0.39 is 8.07 Å². The van der Waals surface area contributed by atoms with Crippen molar-refractivity contribution >= 4 is 20.4 Å². The maximum absolute atomic E-state index is 6.10. The molecule has 2 nitrogen and oxygen atoms in total. The van der Waals surface area contributed by atoms with Gasteiger partial charge >= 0.3 is 7.12 Å². The van der Waals surface area contributed by atoms with E-state index in [2.05, 4.69) is 84.1 Å². The fourth-order valence-corrected chi connectivity index (χ4v) is 5.02.